The van der Waals surface area contributed by atoms with Gasteiger partial charge in [-0.25, -0.2) is 4.39 Å². The van der Waals surface area contributed by atoms with Gasteiger partial charge in [-0.05, 0) is 61.5 Å². The van der Waals surface area contributed by atoms with Crippen LogP contribution in [-0.4, -0.2) is 37.0 Å². The maximum atomic E-state index is 12.9. The van der Waals surface area contributed by atoms with E-state index in [1.165, 1.54) is 29.8 Å². The average molecular weight is 364 g/mol. The van der Waals surface area contributed by atoms with Crippen LogP contribution in [0.25, 0.3) is 0 Å². The van der Waals surface area contributed by atoms with E-state index in [0.717, 1.165) is 44.8 Å². The van der Waals surface area contributed by atoms with E-state index in [9.17, 15) is 9.18 Å². The van der Waals surface area contributed by atoms with Gasteiger partial charge in [0.1, 0.15) is 5.82 Å². The van der Waals surface area contributed by atoms with E-state index < -0.39 is 0 Å². The minimum Gasteiger partial charge on any atom is -0.322 e. The Bertz CT molecular complexity index is 685. The van der Waals surface area contributed by atoms with E-state index in [2.05, 4.69) is 21.6 Å². The third-order valence-corrected chi connectivity index (χ3v) is 4.13. The third-order valence-electron chi connectivity index (χ3n) is 4.13. The number of carbonyl (C=O) groups excluding carboxylic acids is 1. The minimum absolute atomic E-state index is 0. The summed E-state index contributed by atoms with van der Waals surface area (Å²) in [5, 5.41) is 6.27. The Labute approximate surface area is 153 Å². The SMILES string of the molecule is Cl.O=C(Nc1cccc(CN2CCCNCC2)c1)c1ccc(F)cc1. The van der Waals surface area contributed by atoms with Crippen molar-refractivity contribution in [3.05, 3.63) is 65.5 Å². The van der Waals surface area contributed by atoms with Gasteiger partial charge in [0.15, 0.2) is 0 Å². The summed E-state index contributed by atoms with van der Waals surface area (Å²) in [6, 6.07) is 13.4. The van der Waals surface area contributed by atoms with E-state index in [-0.39, 0.29) is 24.1 Å². The Morgan fingerprint density at radius 2 is 1.92 bits per heavy atom. The molecular formula is C19H23ClFN3O. The van der Waals surface area contributed by atoms with Crippen molar-refractivity contribution in [2.45, 2.75) is 13.0 Å². The van der Waals surface area contributed by atoms with Gasteiger partial charge >= 0.3 is 0 Å². The molecule has 2 N–H and O–H groups in total. The molecule has 3 rings (SSSR count). The monoisotopic (exact) mass is 363 g/mol. The first-order chi connectivity index (χ1) is 11.7. The summed E-state index contributed by atoms with van der Waals surface area (Å²) in [6.07, 6.45) is 1.15. The third kappa shape index (κ3) is 5.81. The predicted octanol–water partition coefficient (Wildman–Crippen LogP) is 3.30. The van der Waals surface area contributed by atoms with Gasteiger partial charge in [-0.1, -0.05) is 12.1 Å². The zero-order chi connectivity index (χ0) is 16.8. The number of halogens is 2. The number of rotatable bonds is 4. The summed E-state index contributed by atoms with van der Waals surface area (Å²) in [7, 11) is 0. The molecule has 4 nitrogen and oxygen atoms in total. The molecule has 25 heavy (non-hydrogen) atoms. The van der Waals surface area contributed by atoms with Crippen molar-refractivity contribution in [1.29, 1.82) is 0 Å². The Kier molecular flexibility index (Phi) is 7.37. The molecule has 0 aromatic heterocycles. The highest BCUT2D eigenvalue weighted by Gasteiger charge is 2.10. The van der Waals surface area contributed by atoms with Crippen LogP contribution in [0, 0.1) is 5.82 Å². The van der Waals surface area contributed by atoms with Gasteiger partial charge in [0, 0.05) is 30.9 Å². The van der Waals surface area contributed by atoms with Gasteiger partial charge in [0.05, 0.1) is 0 Å². The van der Waals surface area contributed by atoms with E-state index >= 15 is 0 Å². The molecule has 6 heteroatoms. The molecule has 1 aliphatic heterocycles. The standard InChI is InChI=1S/C19H22FN3O.ClH/c20-17-7-5-16(6-8-17)19(24)22-18-4-1-3-15(13-18)14-23-11-2-9-21-10-12-23;/h1,3-8,13,21H,2,9-12,14H2,(H,22,24);1H. The van der Waals surface area contributed by atoms with E-state index in [0.29, 0.717) is 5.56 Å². The molecule has 1 heterocycles. The Morgan fingerprint density at radius 3 is 2.72 bits per heavy atom. The fourth-order valence-electron chi connectivity index (χ4n) is 2.87. The maximum Gasteiger partial charge on any atom is 0.255 e. The van der Waals surface area contributed by atoms with E-state index in [1.54, 1.807) is 0 Å². The highest BCUT2D eigenvalue weighted by molar-refractivity contribution is 6.04. The number of carbonyl (C=O) groups is 1. The minimum atomic E-state index is -0.347. The average Bonchev–Trinajstić information content (AvgIpc) is 2.84. The van der Waals surface area contributed by atoms with E-state index in [4.69, 9.17) is 0 Å². The zero-order valence-corrected chi connectivity index (χ0v) is 14.8. The van der Waals surface area contributed by atoms with Crippen LogP contribution in [0.15, 0.2) is 48.5 Å². The molecule has 0 aliphatic carbocycles. The fraction of sp³-hybridized carbons (Fsp3) is 0.316. The molecule has 2 aromatic rings. The summed E-state index contributed by atoms with van der Waals surface area (Å²) in [5.41, 5.74) is 2.38. The highest BCUT2D eigenvalue weighted by Crippen LogP contribution is 2.15. The van der Waals surface area contributed by atoms with Gasteiger partial charge < -0.3 is 10.6 Å². The Balaban J connectivity index is 0.00000225. The number of nitrogens with one attached hydrogen (secondary N) is 2. The molecule has 1 saturated heterocycles. The lowest BCUT2D eigenvalue weighted by Crippen LogP contribution is -2.27. The van der Waals surface area contributed by atoms with Crippen LogP contribution in [0.2, 0.25) is 0 Å². The normalized spacial score (nSPS) is 15.1. The molecule has 0 atom stereocenters. The fourth-order valence-corrected chi connectivity index (χ4v) is 2.87. The zero-order valence-electron chi connectivity index (χ0n) is 14.0. The number of amides is 1. The van der Waals surface area contributed by atoms with Crippen molar-refractivity contribution in [1.82, 2.24) is 10.2 Å². The van der Waals surface area contributed by atoms with Crippen molar-refractivity contribution in [3.63, 3.8) is 0 Å². The number of nitrogens with zero attached hydrogens (tertiary/aromatic N) is 1. The summed E-state index contributed by atoms with van der Waals surface area (Å²) in [4.78, 5) is 14.6. The maximum absolute atomic E-state index is 12.9. The largest absolute Gasteiger partial charge is 0.322 e. The van der Waals surface area contributed by atoms with Crippen molar-refractivity contribution in [2.75, 3.05) is 31.5 Å². The molecule has 1 aliphatic rings. The molecule has 0 unspecified atom stereocenters. The molecule has 0 radical (unpaired) electrons. The van der Waals surface area contributed by atoms with Gasteiger partial charge in [-0.15, -0.1) is 12.4 Å². The second-order valence-electron chi connectivity index (χ2n) is 6.04. The molecule has 0 saturated carbocycles. The van der Waals surface area contributed by atoms with Crippen molar-refractivity contribution in [2.24, 2.45) is 0 Å². The van der Waals surface area contributed by atoms with Crippen LogP contribution >= 0.6 is 12.4 Å². The molecule has 0 bridgehead atoms. The van der Waals surface area contributed by atoms with Crippen LogP contribution in [0.4, 0.5) is 10.1 Å². The van der Waals surface area contributed by atoms with Crippen molar-refractivity contribution < 1.29 is 9.18 Å². The second kappa shape index (κ2) is 9.51. The smallest absolute Gasteiger partial charge is 0.255 e. The van der Waals surface area contributed by atoms with E-state index in [1.807, 2.05) is 18.2 Å². The first-order valence-electron chi connectivity index (χ1n) is 8.30. The van der Waals surface area contributed by atoms with Crippen LogP contribution in [0.3, 0.4) is 0 Å². The van der Waals surface area contributed by atoms with Crippen LogP contribution in [0.5, 0.6) is 0 Å². The Hall–Kier alpha value is -1.95. The first kappa shape index (κ1) is 19.4. The predicted molar refractivity (Wildman–Crippen MR) is 101 cm³/mol. The quantitative estimate of drug-likeness (QED) is 0.876. The first-order valence-corrected chi connectivity index (χ1v) is 8.30. The topological polar surface area (TPSA) is 44.4 Å². The van der Waals surface area contributed by atoms with Gasteiger partial charge in [0.25, 0.3) is 5.91 Å². The lowest BCUT2D eigenvalue weighted by molar-refractivity contribution is 0.102. The lowest BCUT2D eigenvalue weighted by Gasteiger charge is -2.19. The van der Waals surface area contributed by atoms with Crippen LogP contribution < -0.4 is 10.6 Å². The second-order valence-corrected chi connectivity index (χ2v) is 6.04. The Morgan fingerprint density at radius 1 is 1.12 bits per heavy atom. The summed E-state index contributed by atoms with van der Waals surface area (Å²) >= 11 is 0. The molecule has 134 valence electrons. The summed E-state index contributed by atoms with van der Waals surface area (Å²) in [5.74, 6) is -0.577. The van der Waals surface area contributed by atoms with Gasteiger partial charge in [-0.2, -0.15) is 0 Å². The molecule has 2 aromatic carbocycles. The number of hydrogen-bond donors (Lipinski definition) is 2. The number of anilines is 1. The van der Waals surface area contributed by atoms with Gasteiger partial charge in [0.2, 0.25) is 0 Å². The van der Waals surface area contributed by atoms with Crippen LogP contribution in [-0.2, 0) is 6.54 Å². The molecule has 0 spiro atoms. The van der Waals surface area contributed by atoms with Crippen molar-refractivity contribution >= 4 is 24.0 Å². The summed E-state index contributed by atoms with van der Waals surface area (Å²) in [6.45, 7) is 5.08. The number of benzene rings is 2. The van der Waals surface area contributed by atoms with Gasteiger partial charge in [-0.3, -0.25) is 9.69 Å². The van der Waals surface area contributed by atoms with Crippen LogP contribution in [0.1, 0.15) is 22.3 Å². The molecular weight excluding hydrogens is 341 g/mol. The number of hydrogen-bond acceptors (Lipinski definition) is 3. The summed E-state index contributed by atoms with van der Waals surface area (Å²) < 4.78 is 12.9. The molecule has 1 fully saturated rings. The molecule has 1 amide bonds. The lowest BCUT2D eigenvalue weighted by atomic mass is 10.1. The highest BCUT2D eigenvalue weighted by atomic mass is 35.5. The van der Waals surface area contributed by atoms with Crippen molar-refractivity contribution in [3.8, 4) is 0 Å².